The van der Waals surface area contributed by atoms with E-state index in [1.807, 2.05) is 0 Å². The van der Waals surface area contributed by atoms with E-state index in [1.165, 1.54) is 7.05 Å². The SMILES string of the molecule is C/N=N/c1cc(NC(=O)CCC(N)C(=O)O)ccc1-c1nc(C)c(C(=O)O)s1. The van der Waals surface area contributed by atoms with Gasteiger partial charge in [0.25, 0.3) is 0 Å². The summed E-state index contributed by atoms with van der Waals surface area (Å²) in [7, 11) is 1.48. The number of thiazole rings is 1. The molecule has 1 aromatic carbocycles. The maximum atomic E-state index is 12.0. The van der Waals surface area contributed by atoms with Crippen LogP contribution in [0.1, 0.15) is 28.2 Å². The molecule has 5 N–H and O–H groups in total. The summed E-state index contributed by atoms with van der Waals surface area (Å²) in [6, 6.07) is 3.76. The Kier molecular flexibility index (Phi) is 6.90. The maximum absolute atomic E-state index is 12.0. The van der Waals surface area contributed by atoms with Gasteiger partial charge in [-0.05, 0) is 31.5 Å². The van der Waals surface area contributed by atoms with Crippen molar-refractivity contribution in [3.05, 3.63) is 28.8 Å². The van der Waals surface area contributed by atoms with E-state index in [0.717, 1.165) is 11.3 Å². The van der Waals surface area contributed by atoms with Crippen LogP contribution in [0.4, 0.5) is 11.4 Å². The average Bonchev–Trinajstić information content (AvgIpc) is 3.02. The first-order chi connectivity index (χ1) is 13.2. The minimum absolute atomic E-state index is 0.0110. The number of nitrogens with two attached hydrogens (primary N) is 1. The van der Waals surface area contributed by atoms with E-state index in [2.05, 4.69) is 20.5 Å². The number of carboxylic acid groups (broad SMARTS) is 2. The summed E-state index contributed by atoms with van der Waals surface area (Å²) < 4.78 is 0. The van der Waals surface area contributed by atoms with E-state index in [-0.39, 0.29) is 23.6 Å². The molecule has 2 rings (SSSR count). The Hall–Kier alpha value is -3.18. The minimum Gasteiger partial charge on any atom is -0.480 e. The van der Waals surface area contributed by atoms with Gasteiger partial charge in [-0.3, -0.25) is 9.59 Å². The Morgan fingerprint density at radius 1 is 1.32 bits per heavy atom. The highest BCUT2D eigenvalue weighted by atomic mass is 32.1. The fraction of sp³-hybridized carbons (Fsp3) is 0.294. The summed E-state index contributed by atoms with van der Waals surface area (Å²) >= 11 is 1.03. The molecule has 0 bridgehead atoms. The van der Waals surface area contributed by atoms with Crippen LogP contribution in [0, 0.1) is 6.92 Å². The van der Waals surface area contributed by atoms with Gasteiger partial charge < -0.3 is 21.3 Å². The van der Waals surface area contributed by atoms with E-state index in [0.29, 0.717) is 27.6 Å². The summed E-state index contributed by atoms with van der Waals surface area (Å²) in [5.41, 5.74) is 7.22. The average molecular weight is 405 g/mol. The number of nitrogens with zero attached hydrogens (tertiary/aromatic N) is 3. The van der Waals surface area contributed by atoms with Crippen LogP contribution in [0.3, 0.4) is 0 Å². The van der Waals surface area contributed by atoms with Gasteiger partial charge in [0, 0.05) is 24.7 Å². The second-order valence-electron chi connectivity index (χ2n) is 5.80. The molecule has 28 heavy (non-hydrogen) atoms. The molecule has 1 amide bonds. The van der Waals surface area contributed by atoms with Gasteiger partial charge in [0.2, 0.25) is 5.91 Å². The van der Waals surface area contributed by atoms with E-state index in [1.54, 1.807) is 25.1 Å². The molecule has 0 saturated carbocycles. The lowest BCUT2D eigenvalue weighted by Crippen LogP contribution is -2.31. The highest BCUT2D eigenvalue weighted by Gasteiger charge is 2.18. The van der Waals surface area contributed by atoms with E-state index < -0.39 is 18.0 Å². The molecular weight excluding hydrogens is 386 g/mol. The van der Waals surface area contributed by atoms with Crippen molar-refractivity contribution in [3.63, 3.8) is 0 Å². The zero-order valence-electron chi connectivity index (χ0n) is 15.2. The number of aromatic carboxylic acids is 1. The van der Waals surface area contributed by atoms with Gasteiger partial charge >= 0.3 is 11.9 Å². The molecule has 0 fully saturated rings. The highest BCUT2D eigenvalue weighted by Crippen LogP contribution is 2.36. The smallest absolute Gasteiger partial charge is 0.347 e. The molecule has 11 heteroatoms. The molecule has 0 aliphatic heterocycles. The normalized spacial score (nSPS) is 12.1. The molecule has 2 aromatic rings. The van der Waals surface area contributed by atoms with Crippen molar-refractivity contribution in [3.8, 4) is 10.6 Å². The van der Waals surface area contributed by atoms with Crippen LogP contribution in [0.15, 0.2) is 28.4 Å². The van der Waals surface area contributed by atoms with Crippen LogP contribution in [-0.2, 0) is 9.59 Å². The first-order valence-corrected chi connectivity index (χ1v) is 8.97. The Morgan fingerprint density at radius 3 is 2.61 bits per heavy atom. The predicted molar refractivity (Wildman–Crippen MR) is 103 cm³/mol. The molecule has 0 saturated heterocycles. The monoisotopic (exact) mass is 405 g/mol. The summed E-state index contributed by atoms with van der Waals surface area (Å²) in [5, 5.41) is 28.9. The van der Waals surface area contributed by atoms with Gasteiger partial charge in [-0.25, -0.2) is 9.78 Å². The largest absolute Gasteiger partial charge is 0.480 e. The third-order valence-corrected chi connectivity index (χ3v) is 4.89. The topological polar surface area (TPSA) is 167 Å². The second-order valence-corrected chi connectivity index (χ2v) is 6.80. The van der Waals surface area contributed by atoms with Crippen molar-refractivity contribution >= 4 is 40.6 Å². The number of nitrogens with one attached hydrogen (secondary N) is 1. The zero-order valence-corrected chi connectivity index (χ0v) is 16.0. The van der Waals surface area contributed by atoms with Gasteiger partial charge in [0.15, 0.2) is 0 Å². The Balaban J connectivity index is 2.23. The Morgan fingerprint density at radius 2 is 2.04 bits per heavy atom. The molecule has 1 aromatic heterocycles. The highest BCUT2D eigenvalue weighted by molar-refractivity contribution is 7.17. The van der Waals surface area contributed by atoms with Crippen molar-refractivity contribution in [2.45, 2.75) is 25.8 Å². The van der Waals surface area contributed by atoms with Gasteiger partial charge in [-0.15, -0.1) is 11.3 Å². The number of aliphatic carboxylic acids is 1. The number of aromatic nitrogens is 1. The number of hydrogen-bond donors (Lipinski definition) is 4. The number of carbonyl (C=O) groups is 3. The molecule has 10 nitrogen and oxygen atoms in total. The number of anilines is 1. The third-order valence-electron chi connectivity index (χ3n) is 3.71. The lowest BCUT2D eigenvalue weighted by atomic mass is 10.1. The van der Waals surface area contributed by atoms with Crippen LogP contribution >= 0.6 is 11.3 Å². The fourth-order valence-corrected chi connectivity index (χ4v) is 3.26. The van der Waals surface area contributed by atoms with E-state index >= 15 is 0 Å². The van der Waals surface area contributed by atoms with Gasteiger partial charge in [-0.2, -0.15) is 10.2 Å². The number of rotatable bonds is 8. The lowest BCUT2D eigenvalue weighted by Gasteiger charge is -2.09. The first-order valence-electron chi connectivity index (χ1n) is 8.16. The summed E-state index contributed by atoms with van der Waals surface area (Å²) in [6.07, 6.45) is -0.0371. The summed E-state index contributed by atoms with van der Waals surface area (Å²) in [6.45, 7) is 1.61. The van der Waals surface area contributed by atoms with Crippen LogP contribution in [0.25, 0.3) is 10.6 Å². The molecule has 0 radical (unpaired) electrons. The summed E-state index contributed by atoms with van der Waals surface area (Å²) in [5.74, 6) is -2.60. The van der Waals surface area contributed by atoms with E-state index in [4.69, 9.17) is 10.8 Å². The number of hydrogen-bond acceptors (Lipinski definition) is 8. The van der Waals surface area contributed by atoms with Crippen LogP contribution in [-0.4, -0.2) is 46.1 Å². The van der Waals surface area contributed by atoms with Crippen LogP contribution in [0.2, 0.25) is 0 Å². The van der Waals surface area contributed by atoms with Crippen molar-refractivity contribution in [2.24, 2.45) is 16.0 Å². The summed E-state index contributed by atoms with van der Waals surface area (Å²) in [4.78, 5) is 38.4. The number of aryl methyl sites for hydroxylation is 1. The molecule has 0 spiro atoms. The molecule has 0 aliphatic rings. The first kappa shape index (κ1) is 21.1. The fourth-order valence-electron chi connectivity index (χ4n) is 2.32. The molecule has 148 valence electrons. The Labute approximate surface area is 164 Å². The third kappa shape index (κ3) is 5.18. The standard InChI is InChI=1S/C17H19N5O5S/c1-8-14(17(26)27)28-15(20-8)10-4-3-9(7-12(10)22-19-2)21-13(23)6-5-11(18)16(24)25/h3-4,7,11H,5-6,18H2,1-2H3,(H,21,23)(H,24,25)(H,26,27)/b22-19+. The number of azo groups is 1. The number of benzene rings is 1. The van der Waals surface area contributed by atoms with Crippen molar-refractivity contribution < 1.29 is 24.6 Å². The Bertz CT molecular complexity index is 940. The maximum Gasteiger partial charge on any atom is 0.347 e. The number of carboxylic acids is 2. The number of carbonyl (C=O) groups excluding carboxylic acids is 1. The predicted octanol–water partition coefficient (Wildman–Crippen LogP) is 2.66. The quantitative estimate of drug-likeness (QED) is 0.489. The van der Waals surface area contributed by atoms with Crippen LogP contribution in [0.5, 0.6) is 0 Å². The molecule has 1 heterocycles. The molecular formula is C17H19N5O5S. The van der Waals surface area contributed by atoms with Crippen molar-refractivity contribution in [2.75, 3.05) is 12.4 Å². The van der Waals surface area contributed by atoms with Crippen molar-refractivity contribution in [1.82, 2.24) is 4.98 Å². The molecule has 0 aliphatic carbocycles. The van der Waals surface area contributed by atoms with Gasteiger partial charge in [0.05, 0.1) is 11.4 Å². The minimum atomic E-state index is -1.16. The van der Waals surface area contributed by atoms with E-state index in [9.17, 15) is 19.5 Å². The zero-order chi connectivity index (χ0) is 20.8. The molecule has 1 atom stereocenters. The number of amides is 1. The van der Waals surface area contributed by atoms with Gasteiger partial charge in [-0.1, -0.05) is 0 Å². The lowest BCUT2D eigenvalue weighted by molar-refractivity contribution is -0.138. The van der Waals surface area contributed by atoms with Gasteiger partial charge in [0.1, 0.15) is 15.9 Å². The van der Waals surface area contributed by atoms with Crippen LogP contribution < -0.4 is 11.1 Å². The second kappa shape index (κ2) is 9.15. The van der Waals surface area contributed by atoms with Crippen molar-refractivity contribution in [1.29, 1.82) is 0 Å². The molecule has 1 unspecified atom stereocenters.